The molecule has 1 amide bonds. The highest BCUT2D eigenvalue weighted by Crippen LogP contribution is 2.19. The van der Waals surface area contributed by atoms with Crippen molar-refractivity contribution in [2.75, 3.05) is 27.2 Å². The topological polar surface area (TPSA) is 83.4 Å². The third-order valence-electron chi connectivity index (χ3n) is 3.79. The van der Waals surface area contributed by atoms with E-state index >= 15 is 0 Å². The van der Waals surface area contributed by atoms with Crippen LogP contribution in [-0.4, -0.2) is 56.4 Å². The van der Waals surface area contributed by atoms with Crippen molar-refractivity contribution >= 4 is 15.9 Å². The highest BCUT2D eigenvalue weighted by molar-refractivity contribution is 7.89. The molecule has 1 aromatic heterocycles. The maximum Gasteiger partial charge on any atom is 0.267 e. The van der Waals surface area contributed by atoms with Gasteiger partial charge in [-0.3, -0.25) is 4.79 Å². The molecule has 0 aliphatic carbocycles. The lowest BCUT2D eigenvalue weighted by Crippen LogP contribution is -2.38. The first kappa shape index (κ1) is 16.0. The molecule has 7 nitrogen and oxygen atoms in total. The third kappa shape index (κ3) is 3.28. The molecule has 1 atom stereocenters. The van der Waals surface area contributed by atoms with Crippen LogP contribution in [0.25, 0.3) is 0 Å². The number of hydrogen-bond donors (Lipinski definition) is 2. The fourth-order valence-electron chi connectivity index (χ4n) is 2.53. The highest BCUT2D eigenvalue weighted by atomic mass is 32.2. The first-order valence-electron chi connectivity index (χ1n) is 6.94. The molecule has 0 aromatic carbocycles. The van der Waals surface area contributed by atoms with Crippen LogP contribution in [0.5, 0.6) is 0 Å². The molecule has 1 aliphatic heterocycles. The van der Waals surface area contributed by atoms with Gasteiger partial charge < -0.3 is 15.2 Å². The minimum absolute atomic E-state index is 0.143. The molecule has 1 saturated heterocycles. The van der Waals surface area contributed by atoms with E-state index in [4.69, 9.17) is 0 Å². The number of rotatable bonds is 5. The van der Waals surface area contributed by atoms with Gasteiger partial charge in [-0.2, -0.15) is 4.31 Å². The number of amides is 1. The van der Waals surface area contributed by atoms with Crippen LogP contribution in [0, 0.1) is 0 Å². The lowest BCUT2D eigenvalue weighted by Gasteiger charge is -2.20. The summed E-state index contributed by atoms with van der Waals surface area (Å²) in [4.78, 5) is 11.8. The minimum atomic E-state index is -3.58. The fourth-order valence-corrected chi connectivity index (χ4v) is 3.82. The largest absolute Gasteiger partial charge is 0.354 e. The van der Waals surface area contributed by atoms with E-state index in [1.807, 2.05) is 0 Å². The number of hydrogen-bond acceptors (Lipinski definition) is 4. The Morgan fingerprint density at radius 1 is 1.57 bits per heavy atom. The molecule has 8 heteroatoms. The Labute approximate surface area is 125 Å². The molecule has 118 valence electrons. The number of aryl methyl sites for hydroxylation is 1. The summed E-state index contributed by atoms with van der Waals surface area (Å²) in [6.07, 6.45) is 3.53. The van der Waals surface area contributed by atoms with E-state index in [1.165, 1.54) is 28.2 Å². The zero-order valence-corrected chi connectivity index (χ0v) is 13.4. The molecular weight excluding hydrogens is 292 g/mol. The number of carbonyl (C=O) groups excluding carboxylic acids is 1. The van der Waals surface area contributed by atoms with Crippen molar-refractivity contribution in [2.24, 2.45) is 7.05 Å². The molecule has 0 saturated carbocycles. The number of likely N-dealkylation sites (N-methyl/N-ethyl adjacent to an activating group) is 1. The Morgan fingerprint density at radius 2 is 2.29 bits per heavy atom. The molecule has 2 rings (SSSR count). The van der Waals surface area contributed by atoms with Crippen molar-refractivity contribution in [3.63, 3.8) is 0 Å². The molecule has 1 aromatic rings. The van der Waals surface area contributed by atoms with Gasteiger partial charge in [0.15, 0.2) is 0 Å². The predicted octanol–water partition coefficient (Wildman–Crippen LogP) is -0.243. The smallest absolute Gasteiger partial charge is 0.267 e. The monoisotopic (exact) mass is 314 g/mol. The van der Waals surface area contributed by atoms with Crippen molar-refractivity contribution in [1.82, 2.24) is 19.5 Å². The standard InChI is InChI=1S/C13H22N4O3S/c1-14-13(18)12-7-11(9-16(12)2)21(19,20)17(3)8-10-5-4-6-15-10/h7,9-10,15H,4-6,8H2,1-3H3,(H,14,18). The molecule has 0 bridgehead atoms. The molecular formula is C13H22N4O3S. The van der Waals surface area contributed by atoms with E-state index in [2.05, 4.69) is 10.6 Å². The van der Waals surface area contributed by atoms with Gasteiger partial charge in [-0.25, -0.2) is 8.42 Å². The van der Waals surface area contributed by atoms with Crippen LogP contribution in [0.4, 0.5) is 0 Å². The van der Waals surface area contributed by atoms with Gasteiger partial charge in [0.2, 0.25) is 10.0 Å². The summed E-state index contributed by atoms with van der Waals surface area (Å²) < 4.78 is 28.0. The lowest BCUT2D eigenvalue weighted by atomic mass is 10.2. The first-order chi connectivity index (χ1) is 9.86. The molecule has 0 spiro atoms. The molecule has 2 N–H and O–H groups in total. The second-order valence-electron chi connectivity index (χ2n) is 5.33. The van der Waals surface area contributed by atoms with Gasteiger partial charge in [0.05, 0.1) is 0 Å². The Hall–Kier alpha value is -1.38. The van der Waals surface area contributed by atoms with Crippen molar-refractivity contribution < 1.29 is 13.2 Å². The van der Waals surface area contributed by atoms with Crippen molar-refractivity contribution in [1.29, 1.82) is 0 Å². The van der Waals surface area contributed by atoms with Crippen LogP contribution in [0.2, 0.25) is 0 Å². The maximum atomic E-state index is 12.5. The van der Waals surface area contributed by atoms with Crippen LogP contribution in [0.3, 0.4) is 0 Å². The summed E-state index contributed by atoms with van der Waals surface area (Å²) in [5.74, 6) is -0.306. The normalized spacial score (nSPS) is 19.1. The number of carbonyl (C=O) groups is 1. The number of aromatic nitrogens is 1. The van der Waals surface area contributed by atoms with Crippen molar-refractivity contribution in [3.8, 4) is 0 Å². The van der Waals surface area contributed by atoms with E-state index in [1.54, 1.807) is 14.1 Å². The lowest BCUT2D eigenvalue weighted by molar-refractivity contribution is 0.0955. The van der Waals surface area contributed by atoms with Crippen LogP contribution in [0.15, 0.2) is 17.2 Å². The van der Waals surface area contributed by atoms with E-state index in [9.17, 15) is 13.2 Å². The van der Waals surface area contributed by atoms with Gasteiger partial charge >= 0.3 is 0 Å². The summed E-state index contributed by atoms with van der Waals surface area (Å²) in [7, 11) is 1.16. The number of nitrogens with zero attached hydrogens (tertiary/aromatic N) is 2. The second kappa shape index (κ2) is 6.17. The summed E-state index contributed by atoms with van der Waals surface area (Å²) in [5.41, 5.74) is 0.323. The van der Waals surface area contributed by atoms with Crippen LogP contribution >= 0.6 is 0 Å². The Kier molecular flexibility index (Phi) is 4.70. The van der Waals surface area contributed by atoms with Gasteiger partial charge in [-0.15, -0.1) is 0 Å². The average molecular weight is 314 g/mol. The summed E-state index contributed by atoms with van der Waals surface area (Å²) in [5, 5.41) is 5.78. The van der Waals surface area contributed by atoms with E-state index in [-0.39, 0.29) is 16.8 Å². The molecule has 1 unspecified atom stereocenters. The summed E-state index contributed by atoms with van der Waals surface area (Å²) in [6, 6.07) is 1.61. The van der Waals surface area contributed by atoms with Crippen LogP contribution in [-0.2, 0) is 17.1 Å². The summed E-state index contributed by atoms with van der Waals surface area (Å²) in [6.45, 7) is 1.37. The Balaban J connectivity index is 2.20. The van der Waals surface area contributed by atoms with Gasteiger partial charge in [-0.1, -0.05) is 0 Å². The summed E-state index contributed by atoms with van der Waals surface area (Å²) >= 11 is 0. The van der Waals surface area contributed by atoms with Gasteiger partial charge in [0, 0.05) is 39.9 Å². The SMILES string of the molecule is CNC(=O)c1cc(S(=O)(=O)N(C)CC2CCCN2)cn1C. The van der Waals surface area contributed by atoms with Gasteiger partial charge in [-0.05, 0) is 25.5 Å². The molecule has 0 radical (unpaired) electrons. The molecule has 1 aliphatic rings. The number of nitrogens with one attached hydrogen (secondary N) is 2. The van der Waals surface area contributed by atoms with Crippen LogP contribution in [0.1, 0.15) is 23.3 Å². The zero-order valence-electron chi connectivity index (χ0n) is 12.6. The molecule has 1 fully saturated rings. The van der Waals surface area contributed by atoms with Gasteiger partial charge in [0.1, 0.15) is 10.6 Å². The third-order valence-corrected chi connectivity index (χ3v) is 5.58. The Bertz CT molecular complexity index is 617. The fraction of sp³-hybridized carbons (Fsp3) is 0.615. The van der Waals surface area contributed by atoms with E-state index in [0.29, 0.717) is 12.2 Å². The second-order valence-corrected chi connectivity index (χ2v) is 7.37. The van der Waals surface area contributed by atoms with Crippen molar-refractivity contribution in [3.05, 3.63) is 18.0 Å². The minimum Gasteiger partial charge on any atom is -0.354 e. The zero-order chi connectivity index (χ0) is 15.6. The average Bonchev–Trinajstić information content (AvgIpc) is 3.07. The predicted molar refractivity (Wildman–Crippen MR) is 79.6 cm³/mol. The Morgan fingerprint density at radius 3 is 2.86 bits per heavy atom. The highest BCUT2D eigenvalue weighted by Gasteiger charge is 2.27. The number of sulfonamides is 1. The molecule has 2 heterocycles. The van der Waals surface area contributed by atoms with E-state index < -0.39 is 10.0 Å². The maximum absolute atomic E-state index is 12.5. The quantitative estimate of drug-likeness (QED) is 0.785. The van der Waals surface area contributed by atoms with E-state index in [0.717, 1.165) is 19.4 Å². The van der Waals surface area contributed by atoms with Crippen LogP contribution < -0.4 is 10.6 Å². The first-order valence-corrected chi connectivity index (χ1v) is 8.38. The molecule has 21 heavy (non-hydrogen) atoms. The van der Waals surface area contributed by atoms with Crippen molar-refractivity contribution in [2.45, 2.75) is 23.8 Å². The van der Waals surface area contributed by atoms with Gasteiger partial charge in [0.25, 0.3) is 5.91 Å².